The standard InChI is InChI=1S/C15H16N2O/c1-10-2-3-11-4-6-15(18,12(11)8-10)13-9-17-7-5-14(13)16/h2-3,5,7-9,18H,4,6H2,1H3,(H2,16,17). The van der Waals surface area contributed by atoms with Crippen molar-refractivity contribution >= 4 is 5.69 Å². The van der Waals surface area contributed by atoms with Gasteiger partial charge in [-0.2, -0.15) is 0 Å². The Balaban J connectivity index is 2.20. The zero-order valence-electron chi connectivity index (χ0n) is 10.4. The maximum Gasteiger partial charge on any atom is 0.119 e. The highest BCUT2D eigenvalue weighted by Gasteiger charge is 2.39. The van der Waals surface area contributed by atoms with Gasteiger partial charge in [-0.1, -0.05) is 23.8 Å². The Morgan fingerprint density at radius 1 is 1.28 bits per heavy atom. The summed E-state index contributed by atoms with van der Waals surface area (Å²) >= 11 is 0. The van der Waals surface area contributed by atoms with E-state index < -0.39 is 5.60 Å². The third-order valence-corrected chi connectivity index (χ3v) is 3.77. The van der Waals surface area contributed by atoms with Crippen molar-refractivity contribution in [3.63, 3.8) is 0 Å². The first-order valence-corrected chi connectivity index (χ1v) is 6.13. The molecule has 3 nitrogen and oxygen atoms in total. The maximum atomic E-state index is 11.0. The van der Waals surface area contributed by atoms with E-state index in [2.05, 4.69) is 23.2 Å². The average molecular weight is 240 g/mol. The second-order valence-electron chi connectivity index (χ2n) is 4.98. The van der Waals surface area contributed by atoms with E-state index in [1.165, 1.54) is 5.56 Å². The number of hydrogen-bond donors (Lipinski definition) is 2. The molecule has 0 fully saturated rings. The summed E-state index contributed by atoms with van der Waals surface area (Å²) in [5.74, 6) is 0. The van der Waals surface area contributed by atoms with Crippen LogP contribution >= 0.6 is 0 Å². The summed E-state index contributed by atoms with van der Waals surface area (Å²) in [6.07, 6.45) is 4.86. The number of aryl methyl sites for hydroxylation is 2. The van der Waals surface area contributed by atoms with Crippen LogP contribution in [0.4, 0.5) is 5.69 Å². The van der Waals surface area contributed by atoms with Crippen molar-refractivity contribution in [1.82, 2.24) is 4.98 Å². The van der Waals surface area contributed by atoms with E-state index in [9.17, 15) is 5.11 Å². The summed E-state index contributed by atoms with van der Waals surface area (Å²) in [6, 6.07) is 7.96. The molecule has 1 atom stereocenters. The number of anilines is 1. The van der Waals surface area contributed by atoms with Gasteiger partial charge in [0.05, 0.1) is 0 Å². The Labute approximate surface area is 106 Å². The highest BCUT2D eigenvalue weighted by molar-refractivity contribution is 5.55. The molecule has 1 heterocycles. The predicted molar refractivity (Wildman–Crippen MR) is 71.1 cm³/mol. The molecule has 1 aromatic carbocycles. The van der Waals surface area contributed by atoms with E-state index in [0.29, 0.717) is 17.7 Å². The van der Waals surface area contributed by atoms with Gasteiger partial charge in [-0.25, -0.2) is 0 Å². The summed E-state index contributed by atoms with van der Waals surface area (Å²) in [6.45, 7) is 2.03. The smallest absolute Gasteiger partial charge is 0.119 e. The van der Waals surface area contributed by atoms with E-state index >= 15 is 0 Å². The van der Waals surface area contributed by atoms with Gasteiger partial charge in [-0.05, 0) is 37.0 Å². The van der Waals surface area contributed by atoms with E-state index in [4.69, 9.17) is 5.73 Å². The fraction of sp³-hybridized carbons (Fsp3) is 0.267. The molecular formula is C15H16N2O. The van der Waals surface area contributed by atoms with Crippen LogP contribution in [0, 0.1) is 6.92 Å². The van der Waals surface area contributed by atoms with Crippen LogP contribution in [-0.4, -0.2) is 10.1 Å². The van der Waals surface area contributed by atoms with Crippen LogP contribution in [0.2, 0.25) is 0 Å². The third kappa shape index (κ3) is 1.51. The van der Waals surface area contributed by atoms with E-state index in [1.807, 2.05) is 6.92 Å². The van der Waals surface area contributed by atoms with Crippen molar-refractivity contribution < 1.29 is 5.11 Å². The molecule has 18 heavy (non-hydrogen) atoms. The molecule has 92 valence electrons. The Hall–Kier alpha value is -1.87. The van der Waals surface area contributed by atoms with Gasteiger partial charge in [0.1, 0.15) is 5.60 Å². The first-order valence-electron chi connectivity index (χ1n) is 6.13. The van der Waals surface area contributed by atoms with E-state index in [1.54, 1.807) is 18.5 Å². The quantitative estimate of drug-likeness (QED) is 0.803. The van der Waals surface area contributed by atoms with E-state index in [-0.39, 0.29) is 0 Å². The van der Waals surface area contributed by atoms with Crippen LogP contribution < -0.4 is 5.73 Å². The van der Waals surface area contributed by atoms with Crippen molar-refractivity contribution in [1.29, 1.82) is 0 Å². The molecule has 0 radical (unpaired) electrons. The van der Waals surface area contributed by atoms with Gasteiger partial charge >= 0.3 is 0 Å². The van der Waals surface area contributed by atoms with Crippen LogP contribution in [0.1, 0.15) is 28.7 Å². The lowest BCUT2D eigenvalue weighted by atomic mass is 9.87. The molecule has 1 aliphatic carbocycles. The number of aliphatic hydroxyl groups is 1. The number of benzene rings is 1. The van der Waals surface area contributed by atoms with Crippen LogP contribution in [-0.2, 0) is 12.0 Å². The van der Waals surface area contributed by atoms with Crippen molar-refractivity contribution in [3.8, 4) is 0 Å². The zero-order valence-corrected chi connectivity index (χ0v) is 10.4. The largest absolute Gasteiger partial charge is 0.398 e. The molecule has 1 aromatic heterocycles. The number of nitrogens with zero attached hydrogens (tertiary/aromatic N) is 1. The first kappa shape index (κ1) is 11.2. The lowest BCUT2D eigenvalue weighted by molar-refractivity contribution is 0.0833. The summed E-state index contributed by atoms with van der Waals surface area (Å²) in [5, 5.41) is 11.0. The monoisotopic (exact) mass is 240 g/mol. The minimum Gasteiger partial charge on any atom is -0.398 e. The Bertz CT molecular complexity index is 609. The summed E-state index contributed by atoms with van der Waals surface area (Å²) in [5.41, 5.74) is 9.63. The minimum atomic E-state index is -0.986. The summed E-state index contributed by atoms with van der Waals surface area (Å²) < 4.78 is 0. The van der Waals surface area contributed by atoms with Crippen molar-refractivity contribution in [2.45, 2.75) is 25.4 Å². The Morgan fingerprint density at radius 3 is 2.89 bits per heavy atom. The van der Waals surface area contributed by atoms with E-state index in [0.717, 1.165) is 17.5 Å². The van der Waals surface area contributed by atoms with Crippen LogP contribution in [0.5, 0.6) is 0 Å². The fourth-order valence-electron chi connectivity index (χ4n) is 2.77. The van der Waals surface area contributed by atoms with Gasteiger partial charge < -0.3 is 10.8 Å². The number of rotatable bonds is 1. The molecule has 0 bridgehead atoms. The van der Waals surface area contributed by atoms with Crippen LogP contribution in [0.25, 0.3) is 0 Å². The number of pyridine rings is 1. The summed E-state index contributed by atoms with van der Waals surface area (Å²) in [4.78, 5) is 4.09. The molecule has 0 saturated heterocycles. The maximum absolute atomic E-state index is 11.0. The van der Waals surface area contributed by atoms with Gasteiger partial charge in [0.2, 0.25) is 0 Å². The predicted octanol–water partition coefficient (Wildman–Crippen LogP) is 2.15. The SMILES string of the molecule is Cc1ccc2c(c1)C(O)(c1cnccc1N)CC2. The molecule has 0 amide bonds. The summed E-state index contributed by atoms with van der Waals surface area (Å²) in [7, 11) is 0. The molecule has 0 aliphatic heterocycles. The van der Waals surface area contributed by atoms with Gasteiger partial charge in [0, 0.05) is 23.6 Å². The zero-order chi connectivity index (χ0) is 12.8. The van der Waals surface area contributed by atoms with Crippen molar-refractivity contribution in [2.75, 3.05) is 5.73 Å². The lowest BCUT2D eigenvalue weighted by Crippen LogP contribution is -2.25. The molecule has 3 heteroatoms. The molecule has 1 aliphatic rings. The molecule has 3 N–H and O–H groups in total. The molecule has 2 aromatic rings. The molecule has 0 saturated carbocycles. The number of aromatic nitrogens is 1. The molecular weight excluding hydrogens is 224 g/mol. The van der Waals surface area contributed by atoms with Crippen LogP contribution in [0.15, 0.2) is 36.7 Å². The second kappa shape index (κ2) is 3.82. The highest BCUT2D eigenvalue weighted by atomic mass is 16.3. The van der Waals surface area contributed by atoms with Crippen molar-refractivity contribution in [2.24, 2.45) is 0 Å². The minimum absolute atomic E-state index is 0.599. The fourth-order valence-corrected chi connectivity index (χ4v) is 2.77. The molecule has 3 rings (SSSR count). The Kier molecular flexibility index (Phi) is 2.38. The molecule has 0 spiro atoms. The van der Waals surface area contributed by atoms with Crippen molar-refractivity contribution in [3.05, 3.63) is 58.9 Å². The highest BCUT2D eigenvalue weighted by Crippen LogP contribution is 2.43. The number of nitrogen functional groups attached to an aromatic ring is 1. The average Bonchev–Trinajstić information content (AvgIpc) is 2.69. The lowest BCUT2D eigenvalue weighted by Gasteiger charge is -2.25. The number of nitrogens with two attached hydrogens (primary N) is 1. The number of hydrogen-bond acceptors (Lipinski definition) is 3. The Morgan fingerprint density at radius 2 is 2.11 bits per heavy atom. The van der Waals surface area contributed by atoms with Gasteiger partial charge in [-0.3, -0.25) is 4.98 Å². The second-order valence-corrected chi connectivity index (χ2v) is 4.98. The number of fused-ring (bicyclic) bond motifs is 1. The van der Waals surface area contributed by atoms with Gasteiger partial charge in [-0.15, -0.1) is 0 Å². The normalized spacial score (nSPS) is 21.9. The third-order valence-electron chi connectivity index (χ3n) is 3.77. The first-order chi connectivity index (χ1) is 8.61. The van der Waals surface area contributed by atoms with Crippen LogP contribution in [0.3, 0.4) is 0 Å². The topological polar surface area (TPSA) is 59.1 Å². The van der Waals surface area contributed by atoms with Gasteiger partial charge in [0.25, 0.3) is 0 Å². The van der Waals surface area contributed by atoms with Gasteiger partial charge in [0.15, 0.2) is 0 Å². The molecule has 1 unspecified atom stereocenters.